The fourth-order valence-corrected chi connectivity index (χ4v) is 3.46. The van der Waals surface area contributed by atoms with E-state index in [0.717, 1.165) is 33.5 Å². The molecule has 0 saturated heterocycles. The first-order valence-electron chi connectivity index (χ1n) is 8.23. The van der Waals surface area contributed by atoms with E-state index in [4.69, 9.17) is 16.6 Å². The van der Waals surface area contributed by atoms with Gasteiger partial charge >= 0.3 is 0 Å². The fraction of sp³-hybridized carbons (Fsp3) is 0.316. The summed E-state index contributed by atoms with van der Waals surface area (Å²) in [5.41, 5.74) is 6.32. The molecule has 6 heteroatoms. The highest BCUT2D eigenvalue weighted by atomic mass is 35.5. The Labute approximate surface area is 152 Å². The lowest BCUT2D eigenvalue weighted by Crippen LogP contribution is -2.07. The zero-order valence-corrected chi connectivity index (χ0v) is 15.8. The van der Waals surface area contributed by atoms with E-state index in [1.165, 1.54) is 0 Å². The number of halogens is 1. The van der Waals surface area contributed by atoms with Crippen molar-refractivity contribution in [3.05, 3.63) is 51.6 Å². The van der Waals surface area contributed by atoms with Gasteiger partial charge in [-0.05, 0) is 63.4 Å². The van der Waals surface area contributed by atoms with Gasteiger partial charge in [-0.3, -0.25) is 4.57 Å². The van der Waals surface area contributed by atoms with Gasteiger partial charge in [-0.1, -0.05) is 23.7 Å². The molecule has 0 bridgehead atoms. The lowest BCUT2D eigenvalue weighted by Gasteiger charge is -2.12. The van der Waals surface area contributed by atoms with Gasteiger partial charge < -0.3 is 5.21 Å². The number of fused-ring (bicyclic) bond motifs is 1. The average molecular weight is 357 g/mol. The number of oxime groups is 1. The van der Waals surface area contributed by atoms with Crippen LogP contribution >= 0.6 is 11.6 Å². The Hall–Kier alpha value is -2.40. The molecule has 0 aliphatic heterocycles. The van der Waals surface area contributed by atoms with Crippen LogP contribution in [0.25, 0.3) is 16.7 Å². The summed E-state index contributed by atoms with van der Waals surface area (Å²) >= 11 is 6.12. The van der Waals surface area contributed by atoms with E-state index in [1.54, 1.807) is 0 Å². The Morgan fingerprint density at radius 3 is 2.52 bits per heavy atom. The molecule has 0 amide bonds. The van der Waals surface area contributed by atoms with Crippen molar-refractivity contribution in [2.75, 3.05) is 0 Å². The largest absolute Gasteiger partial charge is 0.411 e. The standard InChI is InChI=1S/C19H21ClN4O/c1-6-15(23-25)18-17-11(3)12(4)24(19(17)22-13(5)21-18)16-8-7-14(20)9-10(16)2/h7-9,25H,6H2,1-5H3/b23-15+. The van der Waals surface area contributed by atoms with Crippen molar-refractivity contribution in [3.8, 4) is 5.69 Å². The van der Waals surface area contributed by atoms with Crippen LogP contribution in [-0.4, -0.2) is 25.5 Å². The molecule has 3 aromatic rings. The Balaban J connectivity index is 2.45. The minimum Gasteiger partial charge on any atom is -0.411 e. The molecule has 5 nitrogen and oxygen atoms in total. The smallest absolute Gasteiger partial charge is 0.149 e. The quantitative estimate of drug-likeness (QED) is 0.412. The number of hydrogen-bond donors (Lipinski definition) is 1. The van der Waals surface area contributed by atoms with Crippen LogP contribution in [-0.2, 0) is 0 Å². The summed E-state index contributed by atoms with van der Waals surface area (Å²) < 4.78 is 2.12. The van der Waals surface area contributed by atoms with Crippen LogP contribution in [0.1, 0.15) is 41.7 Å². The number of hydrogen-bond acceptors (Lipinski definition) is 4. The molecule has 0 radical (unpaired) electrons. The lowest BCUT2D eigenvalue weighted by atomic mass is 10.1. The lowest BCUT2D eigenvalue weighted by molar-refractivity contribution is 0.318. The zero-order chi connectivity index (χ0) is 18.3. The number of nitrogens with zero attached hydrogens (tertiary/aromatic N) is 4. The third kappa shape index (κ3) is 2.78. The van der Waals surface area contributed by atoms with E-state index >= 15 is 0 Å². The van der Waals surface area contributed by atoms with Gasteiger partial charge in [0.15, 0.2) is 0 Å². The van der Waals surface area contributed by atoms with E-state index in [-0.39, 0.29) is 0 Å². The third-order valence-electron chi connectivity index (χ3n) is 4.60. The Morgan fingerprint density at radius 1 is 1.20 bits per heavy atom. The van der Waals surface area contributed by atoms with Gasteiger partial charge in [-0.2, -0.15) is 0 Å². The monoisotopic (exact) mass is 356 g/mol. The molecule has 1 aromatic carbocycles. The predicted octanol–water partition coefficient (Wildman–Crippen LogP) is 4.90. The molecule has 3 rings (SSSR count). The molecule has 2 heterocycles. The topological polar surface area (TPSA) is 63.3 Å². The second-order valence-corrected chi connectivity index (χ2v) is 6.63. The second kappa shape index (κ2) is 6.48. The van der Waals surface area contributed by atoms with E-state index in [9.17, 15) is 5.21 Å². The predicted molar refractivity (Wildman–Crippen MR) is 101 cm³/mol. The van der Waals surface area contributed by atoms with Crippen LogP contribution in [0.15, 0.2) is 23.4 Å². The van der Waals surface area contributed by atoms with Crippen LogP contribution in [0.5, 0.6) is 0 Å². The zero-order valence-electron chi connectivity index (χ0n) is 15.1. The Morgan fingerprint density at radius 2 is 1.92 bits per heavy atom. The van der Waals surface area contributed by atoms with Crippen LogP contribution in [0.2, 0.25) is 5.02 Å². The van der Waals surface area contributed by atoms with Crippen molar-refractivity contribution in [1.29, 1.82) is 0 Å². The van der Waals surface area contributed by atoms with Gasteiger partial charge in [0.05, 0.1) is 11.1 Å². The molecule has 1 N–H and O–H groups in total. The number of benzene rings is 1. The summed E-state index contributed by atoms with van der Waals surface area (Å²) in [6.07, 6.45) is 0.589. The van der Waals surface area contributed by atoms with Crippen LogP contribution in [0, 0.1) is 27.7 Å². The van der Waals surface area contributed by atoms with Gasteiger partial charge in [0, 0.05) is 10.7 Å². The highest BCUT2D eigenvalue weighted by molar-refractivity contribution is 6.30. The molecule has 0 fully saturated rings. The van der Waals surface area contributed by atoms with Gasteiger partial charge in [0.2, 0.25) is 0 Å². The number of aryl methyl sites for hydroxylation is 3. The van der Waals surface area contributed by atoms with E-state index in [0.29, 0.717) is 28.7 Å². The van der Waals surface area contributed by atoms with Crippen molar-refractivity contribution in [3.63, 3.8) is 0 Å². The molecule has 2 aromatic heterocycles. The third-order valence-corrected chi connectivity index (χ3v) is 4.83. The second-order valence-electron chi connectivity index (χ2n) is 6.19. The molecule has 130 valence electrons. The van der Waals surface area contributed by atoms with Crippen LogP contribution in [0.3, 0.4) is 0 Å². The summed E-state index contributed by atoms with van der Waals surface area (Å²) in [6, 6.07) is 5.83. The molecule has 0 aliphatic rings. The maximum absolute atomic E-state index is 9.39. The molecule has 0 spiro atoms. The highest BCUT2D eigenvalue weighted by Gasteiger charge is 2.21. The van der Waals surface area contributed by atoms with E-state index in [2.05, 4.69) is 21.6 Å². The molecule has 0 saturated carbocycles. The maximum Gasteiger partial charge on any atom is 0.149 e. The minimum atomic E-state index is 0.559. The van der Waals surface area contributed by atoms with Crippen LogP contribution in [0.4, 0.5) is 0 Å². The average Bonchev–Trinajstić information content (AvgIpc) is 2.80. The summed E-state index contributed by atoms with van der Waals surface area (Å²) in [7, 11) is 0. The normalized spacial score (nSPS) is 12.2. The van der Waals surface area contributed by atoms with Gasteiger partial charge in [0.1, 0.15) is 22.9 Å². The summed E-state index contributed by atoms with van der Waals surface area (Å²) in [5, 5.41) is 14.5. The maximum atomic E-state index is 9.39. The molecular formula is C19H21ClN4O. The van der Waals surface area contributed by atoms with Crippen LogP contribution < -0.4 is 0 Å². The van der Waals surface area contributed by atoms with Crippen molar-refractivity contribution in [2.24, 2.45) is 5.16 Å². The summed E-state index contributed by atoms with van der Waals surface area (Å²) in [6.45, 7) is 9.94. The Kier molecular flexibility index (Phi) is 4.52. The summed E-state index contributed by atoms with van der Waals surface area (Å²) in [4.78, 5) is 9.24. The van der Waals surface area contributed by atoms with E-state index in [1.807, 2.05) is 45.9 Å². The van der Waals surface area contributed by atoms with Crippen molar-refractivity contribution in [1.82, 2.24) is 14.5 Å². The van der Waals surface area contributed by atoms with Crippen molar-refractivity contribution in [2.45, 2.75) is 41.0 Å². The first-order chi connectivity index (χ1) is 11.9. The summed E-state index contributed by atoms with van der Waals surface area (Å²) in [5.74, 6) is 0.641. The minimum absolute atomic E-state index is 0.559. The fourth-order valence-electron chi connectivity index (χ4n) is 3.23. The Bertz CT molecular complexity index is 1000. The number of aromatic nitrogens is 3. The van der Waals surface area contributed by atoms with Gasteiger partial charge in [0.25, 0.3) is 0 Å². The first-order valence-corrected chi connectivity index (χ1v) is 8.60. The van der Waals surface area contributed by atoms with Gasteiger partial charge in [-0.25, -0.2) is 9.97 Å². The molecule has 0 atom stereocenters. The van der Waals surface area contributed by atoms with Crippen molar-refractivity contribution < 1.29 is 5.21 Å². The number of rotatable bonds is 3. The SMILES string of the molecule is CC/C(=N\O)c1nc(C)nc2c1c(C)c(C)n2-c1ccc(Cl)cc1C. The molecule has 25 heavy (non-hydrogen) atoms. The van der Waals surface area contributed by atoms with Crippen molar-refractivity contribution >= 4 is 28.3 Å². The first kappa shape index (κ1) is 17.4. The highest BCUT2D eigenvalue weighted by Crippen LogP contribution is 2.32. The molecule has 0 aliphatic carbocycles. The van der Waals surface area contributed by atoms with Gasteiger partial charge in [-0.15, -0.1) is 0 Å². The van der Waals surface area contributed by atoms with E-state index < -0.39 is 0 Å². The molecule has 0 unspecified atom stereocenters. The molecular weight excluding hydrogens is 336 g/mol.